The Labute approximate surface area is 274 Å². The molecule has 1 aliphatic rings. The zero-order chi connectivity index (χ0) is 33.9. The molecule has 0 saturated carbocycles. The van der Waals surface area contributed by atoms with Gasteiger partial charge in [-0.1, -0.05) is 33.7 Å². The number of amides is 2. The number of phosphoric ester groups is 1. The molecule has 3 rings (SSSR count). The molecule has 0 unspecified atom stereocenters. The number of benzene rings is 1. The number of rotatable bonds is 18. The van der Waals surface area contributed by atoms with Gasteiger partial charge in [-0.3, -0.25) is 18.7 Å². The highest BCUT2D eigenvalue weighted by atomic mass is 33.1. The number of unbranched alkanes of at least 4 members (excludes halogenated alkanes) is 1. The first-order chi connectivity index (χ1) is 21.6. The first-order valence-corrected chi connectivity index (χ1v) is 18.1. The van der Waals surface area contributed by atoms with Crippen molar-refractivity contribution >= 4 is 59.6 Å². The molecule has 8 N–H and O–H groups in total. The molecule has 1 aromatic heterocycles. The fourth-order valence-corrected chi connectivity index (χ4v) is 6.78. The van der Waals surface area contributed by atoms with Crippen LogP contribution in [0.15, 0.2) is 41.3 Å². The number of aromatic nitrogens is 2. The third kappa shape index (κ3) is 13.0. The average molecular weight is 704 g/mol. The lowest BCUT2D eigenvalue weighted by Crippen LogP contribution is -2.36. The van der Waals surface area contributed by atoms with Gasteiger partial charge in [-0.05, 0) is 50.4 Å². The quantitative estimate of drug-likeness (QED) is 0.0359. The van der Waals surface area contributed by atoms with Crippen LogP contribution in [0.3, 0.4) is 0 Å². The minimum absolute atomic E-state index is 0.0495. The van der Waals surface area contributed by atoms with Gasteiger partial charge in [-0.15, -0.1) is 0 Å². The molecular weight excluding hydrogens is 664 g/mol. The van der Waals surface area contributed by atoms with Crippen LogP contribution in [-0.2, 0) is 23.4 Å². The van der Waals surface area contributed by atoms with Gasteiger partial charge in [-0.2, -0.15) is 4.98 Å². The summed E-state index contributed by atoms with van der Waals surface area (Å²) < 4.78 is 28.5. The van der Waals surface area contributed by atoms with E-state index in [1.165, 1.54) is 62.7 Å². The molecular formula is C26H39BN5O11PS2. The van der Waals surface area contributed by atoms with Gasteiger partial charge in [0.25, 0.3) is 5.91 Å². The Bertz CT molecular complexity index is 1410. The number of nitrogen functional groups attached to an aromatic ring is 1. The Kier molecular flexibility index (Phi) is 14.6. The maximum atomic E-state index is 12.4. The first kappa shape index (κ1) is 38.0. The molecule has 0 aliphatic carbocycles. The van der Waals surface area contributed by atoms with Crippen molar-refractivity contribution in [1.29, 1.82) is 0 Å². The molecule has 2 amide bonds. The normalized spacial score (nSPS) is 18.3. The van der Waals surface area contributed by atoms with Gasteiger partial charge in [0.2, 0.25) is 5.91 Å². The van der Waals surface area contributed by atoms with Gasteiger partial charge in [0.05, 0.1) is 12.7 Å². The highest BCUT2D eigenvalue weighted by Crippen LogP contribution is 2.40. The van der Waals surface area contributed by atoms with Gasteiger partial charge < -0.3 is 45.7 Å². The smallest absolute Gasteiger partial charge is 0.423 e. The van der Waals surface area contributed by atoms with Crippen LogP contribution in [0.2, 0.25) is 0 Å². The van der Waals surface area contributed by atoms with Crippen molar-refractivity contribution < 1.29 is 48.0 Å². The maximum absolute atomic E-state index is 12.4. The summed E-state index contributed by atoms with van der Waals surface area (Å²) in [6.45, 7) is 4.25. The molecule has 1 aliphatic heterocycles. The molecule has 20 heteroatoms. The molecule has 0 spiro atoms. The SMILES string of the molecule is CC(C)(CNC(=O)CCCCNC(=O)c1ccc(B(O)O)cc1)SSCO[C@@H]1C[C@H](n2ccc(N)nc2=O)O[C@@H]1COP(=O)(O)O. The van der Waals surface area contributed by atoms with Crippen LogP contribution in [0.5, 0.6) is 0 Å². The topological polar surface area (TPSA) is 245 Å². The minimum Gasteiger partial charge on any atom is -0.423 e. The van der Waals surface area contributed by atoms with Crippen LogP contribution in [-0.4, -0.2) is 90.9 Å². The largest absolute Gasteiger partial charge is 0.488 e. The Morgan fingerprint density at radius 1 is 1.20 bits per heavy atom. The Balaban J connectivity index is 1.34. The number of carbonyl (C=O) groups is 2. The molecule has 1 saturated heterocycles. The molecule has 0 radical (unpaired) electrons. The highest BCUT2D eigenvalue weighted by Gasteiger charge is 2.39. The summed E-state index contributed by atoms with van der Waals surface area (Å²) in [7, 11) is -3.48. The van der Waals surface area contributed by atoms with E-state index in [0.717, 1.165) is 0 Å². The lowest BCUT2D eigenvalue weighted by molar-refractivity contribution is -0.121. The minimum atomic E-state index is -4.76. The fraction of sp³-hybridized carbons (Fsp3) is 0.538. The van der Waals surface area contributed by atoms with Crippen molar-refractivity contribution in [3.63, 3.8) is 0 Å². The molecule has 2 heterocycles. The average Bonchev–Trinajstić information content (AvgIpc) is 3.39. The van der Waals surface area contributed by atoms with E-state index in [1.807, 2.05) is 13.8 Å². The zero-order valence-electron chi connectivity index (χ0n) is 25.3. The van der Waals surface area contributed by atoms with Gasteiger partial charge in [0.1, 0.15) is 24.1 Å². The number of phosphoric acid groups is 1. The molecule has 1 fully saturated rings. The van der Waals surface area contributed by atoms with E-state index in [0.29, 0.717) is 43.4 Å². The van der Waals surface area contributed by atoms with Crippen LogP contribution < -0.4 is 27.5 Å². The number of hydrogen-bond acceptors (Lipinski definition) is 13. The third-order valence-corrected chi connectivity index (χ3v) is 10.1. The summed E-state index contributed by atoms with van der Waals surface area (Å²) in [5.74, 6) is -0.172. The van der Waals surface area contributed by atoms with E-state index < -0.39 is 45.7 Å². The Morgan fingerprint density at radius 3 is 2.57 bits per heavy atom. The van der Waals surface area contributed by atoms with Gasteiger partial charge >= 0.3 is 20.6 Å². The van der Waals surface area contributed by atoms with Crippen molar-refractivity contribution in [1.82, 2.24) is 20.2 Å². The first-order valence-electron chi connectivity index (χ1n) is 14.3. The number of nitrogens with two attached hydrogens (primary N) is 1. The van der Waals surface area contributed by atoms with Crippen LogP contribution in [0.4, 0.5) is 5.82 Å². The van der Waals surface area contributed by atoms with Crippen molar-refractivity contribution in [3.05, 3.63) is 52.6 Å². The number of ether oxygens (including phenoxy) is 2. The summed E-state index contributed by atoms with van der Waals surface area (Å²) in [6.07, 6.45) is 0.816. The van der Waals surface area contributed by atoms with E-state index >= 15 is 0 Å². The molecule has 254 valence electrons. The van der Waals surface area contributed by atoms with Gasteiger partial charge in [0.15, 0.2) is 0 Å². The monoisotopic (exact) mass is 703 g/mol. The van der Waals surface area contributed by atoms with E-state index in [-0.39, 0.29) is 34.7 Å². The van der Waals surface area contributed by atoms with Crippen molar-refractivity contribution in [2.24, 2.45) is 0 Å². The summed E-state index contributed by atoms with van der Waals surface area (Å²) in [4.78, 5) is 58.7. The second-order valence-corrected chi connectivity index (χ2v) is 15.2. The fourth-order valence-electron chi connectivity index (χ4n) is 4.26. The lowest BCUT2D eigenvalue weighted by Gasteiger charge is -2.24. The van der Waals surface area contributed by atoms with Crippen LogP contribution in [0.1, 0.15) is 56.1 Å². The van der Waals surface area contributed by atoms with Crippen LogP contribution in [0.25, 0.3) is 0 Å². The Morgan fingerprint density at radius 2 is 1.91 bits per heavy atom. The van der Waals surface area contributed by atoms with E-state index in [4.69, 9.17) is 35.0 Å². The number of hydrogen-bond donors (Lipinski definition) is 7. The summed E-state index contributed by atoms with van der Waals surface area (Å²) in [5.41, 5.74) is 5.60. The van der Waals surface area contributed by atoms with Crippen molar-refractivity contribution in [3.8, 4) is 0 Å². The Hall–Kier alpha value is -2.45. The molecule has 1 aromatic carbocycles. The third-order valence-electron chi connectivity index (χ3n) is 6.66. The maximum Gasteiger partial charge on any atom is 0.488 e. The van der Waals surface area contributed by atoms with Gasteiger partial charge in [0, 0.05) is 42.4 Å². The van der Waals surface area contributed by atoms with Crippen molar-refractivity contribution in [2.45, 2.75) is 62.7 Å². The van der Waals surface area contributed by atoms with E-state index in [9.17, 15) is 18.9 Å². The second-order valence-electron chi connectivity index (χ2n) is 11.0. The van der Waals surface area contributed by atoms with E-state index in [1.54, 1.807) is 0 Å². The molecule has 2 aromatic rings. The number of carbonyl (C=O) groups excluding carboxylic acids is 2. The summed E-state index contributed by atoms with van der Waals surface area (Å²) in [5, 5.41) is 24.0. The predicted octanol–water partition coefficient (Wildman–Crippen LogP) is 0.121. The molecule has 0 bridgehead atoms. The number of anilines is 1. The number of nitrogens with zero attached hydrogens (tertiary/aromatic N) is 2. The summed E-state index contributed by atoms with van der Waals surface area (Å²) >= 11 is 0. The molecule has 46 heavy (non-hydrogen) atoms. The number of nitrogens with one attached hydrogen (secondary N) is 2. The van der Waals surface area contributed by atoms with E-state index in [2.05, 4.69) is 20.1 Å². The highest BCUT2D eigenvalue weighted by molar-refractivity contribution is 8.77. The zero-order valence-corrected chi connectivity index (χ0v) is 27.8. The van der Waals surface area contributed by atoms with Gasteiger partial charge in [-0.25, -0.2) is 9.36 Å². The lowest BCUT2D eigenvalue weighted by atomic mass is 9.80. The molecule has 3 atom stereocenters. The predicted molar refractivity (Wildman–Crippen MR) is 174 cm³/mol. The second kappa shape index (κ2) is 17.6. The van der Waals surface area contributed by atoms with Crippen LogP contribution in [0, 0.1) is 0 Å². The standard InChI is InChI=1S/C26H39BN5O11PS2/c1-26(2,15-30-22(33)5-3-4-11-29-24(34)17-6-8-18(9-7-17)27(36)37)46-45-16-41-19-13-23(32-12-10-21(28)31-25(32)35)43-20(19)14-42-44(38,39)40/h6-10,12,19-20,23,36-37H,3-5,11,13-16H2,1-2H3,(H,29,34)(H,30,33)(H2,28,31,35)(H2,38,39,40)/t19-,20-,23-/m1/s1. The molecule has 16 nitrogen and oxygen atoms in total. The summed E-state index contributed by atoms with van der Waals surface area (Å²) in [6, 6.07) is 7.37. The van der Waals surface area contributed by atoms with Crippen molar-refractivity contribution in [2.75, 3.05) is 31.4 Å². The van der Waals surface area contributed by atoms with Crippen LogP contribution >= 0.6 is 29.4 Å².